The monoisotopic (exact) mass is 460 g/mol. The van der Waals surface area contributed by atoms with E-state index >= 15 is 0 Å². The van der Waals surface area contributed by atoms with E-state index in [0.717, 1.165) is 17.1 Å². The highest BCUT2D eigenvalue weighted by Crippen LogP contribution is 2.45. The van der Waals surface area contributed by atoms with Crippen molar-refractivity contribution in [1.29, 1.82) is 0 Å². The van der Waals surface area contributed by atoms with E-state index < -0.39 is 0 Å². The first-order chi connectivity index (χ1) is 15.5. The minimum atomic E-state index is -0.266. The lowest BCUT2D eigenvalue weighted by molar-refractivity contribution is 0.472. The first kappa shape index (κ1) is 20.5. The molecule has 5 rings (SSSR count). The Morgan fingerprint density at radius 1 is 1.03 bits per heavy atom. The number of benzene rings is 2. The van der Waals surface area contributed by atoms with E-state index in [2.05, 4.69) is 52.1 Å². The zero-order valence-corrected chi connectivity index (χ0v) is 18.9. The van der Waals surface area contributed by atoms with Crippen molar-refractivity contribution in [3.63, 3.8) is 0 Å². The van der Waals surface area contributed by atoms with Gasteiger partial charge in [0.05, 0.1) is 17.4 Å². The first-order valence-corrected chi connectivity index (χ1v) is 11.0. The molecule has 0 saturated carbocycles. The van der Waals surface area contributed by atoms with Gasteiger partial charge < -0.3 is 19.9 Å². The van der Waals surface area contributed by atoms with Crippen LogP contribution >= 0.6 is 23.8 Å². The van der Waals surface area contributed by atoms with E-state index in [1.807, 2.05) is 35.4 Å². The number of phenolic OH excluding ortho intramolecular Hbond substituents is 1. The van der Waals surface area contributed by atoms with Crippen LogP contribution in [0.1, 0.15) is 29.0 Å². The number of pyridine rings is 1. The summed E-state index contributed by atoms with van der Waals surface area (Å²) in [4.78, 5) is 6.52. The lowest BCUT2D eigenvalue weighted by atomic mass is 10.0. The number of rotatable bonds is 4. The molecule has 0 unspecified atom stereocenters. The van der Waals surface area contributed by atoms with Gasteiger partial charge in [0.2, 0.25) is 0 Å². The number of hydrogen-bond donors (Lipinski definition) is 2. The Balaban J connectivity index is 1.69. The molecular formula is C25H21ClN4OS. The van der Waals surface area contributed by atoms with Crippen LogP contribution in [0.4, 0.5) is 5.69 Å². The van der Waals surface area contributed by atoms with Crippen molar-refractivity contribution in [2.24, 2.45) is 0 Å². The molecule has 0 radical (unpaired) electrons. The second-order valence-corrected chi connectivity index (χ2v) is 8.59. The summed E-state index contributed by atoms with van der Waals surface area (Å²) >= 11 is 12.0. The average Bonchev–Trinajstić information content (AvgIpc) is 3.41. The number of phenols is 1. The summed E-state index contributed by atoms with van der Waals surface area (Å²) < 4.78 is 2.14. The Bertz CT molecular complexity index is 1270. The van der Waals surface area contributed by atoms with Gasteiger partial charge in [0, 0.05) is 28.8 Å². The van der Waals surface area contributed by atoms with Crippen LogP contribution in [-0.4, -0.2) is 19.8 Å². The standard InChI is InChI=1S/C25H21ClN4OS/c1-16-7-10-18(11-8-16)29-14-4-6-20(29)24-23(19-5-2-3-13-27-19)28-25(32)30(24)21-15-17(26)9-12-22(21)31/h2-15,23-24,31H,1H3,(H,28,32)/t23-,24+/m1/s1. The van der Waals surface area contributed by atoms with Crippen LogP contribution in [0.15, 0.2) is 85.2 Å². The minimum absolute atomic E-state index is 0.110. The number of hydrogen-bond acceptors (Lipinski definition) is 3. The lowest BCUT2D eigenvalue weighted by Gasteiger charge is -2.29. The molecule has 1 aliphatic rings. The number of thiocarbonyl (C=S) groups is 1. The highest BCUT2D eigenvalue weighted by molar-refractivity contribution is 7.80. The molecule has 160 valence electrons. The average molecular weight is 461 g/mol. The highest BCUT2D eigenvalue weighted by atomic mass is 35.5. The van der Waals surface area contributed by atoms with Crippen molar-refractivity contribution in [3.05, 3.63) is 107 Å². The smallest absolute Gasteiger partial charge is 0.174 e. The number of aryl methyl sites for hydroxylation is 1. The predicted octanol–water partition coefficient (Wildman–Crippen LogP) is 5.72. The van der Waals surface area contributed by atoms with Crippen LogP contribution in [0.25, 0.3) is 5.69 Å². The van der Waals surface area contributed by atoms with Gasteiger partial charge in [0.15, 0.2) is 5.11 Å². The molecule has 3 heterocycles. The van der Waals surface area contributed by atoms with Crippen LogP contribution < -0.4 is 10.2 Å². The number of anilines is 1. The van der Waals surface area contributed by atoms with Gasteiger partial charge in [-0.2, -0.15) is 0 Å². The molecule has 0 amide bonds. The summed E-state index contributed by atoms with van der Waals surface area (Å²) in [6.45, 7) is 2.07. The molecule has 4 aromatic rings. The van der Waals surface area contributed by atoms with Crippen LogP contribution in [0.2, 0.25) is 5.02 Å². The Kier molecular flexibility index (Phi) is 5.33. The van der Waals surface area contributed by atoms with Crippen molar-refractivity contribution in [2.75, 3.05) is 4.90 Å². The molecule has 5 nitrogen and oxygen atoms in total. The molecule has 32 heavy (non-hydrogen) atoms. The molecule has 2 aromatic carbocycles. The van der Waals surface area contributed by atoms with Gasteiger partial charge in [0.25, 0.3) is 0 Å². The molecule has 0 bridgehead atoms. The predicted molar refractivity (Wildman–Crippen MR) is 132 cm³/mol. The zero-order chi connectivity index (χ0) is 22.2. The lowest BCUT2D eigenvalue weighted by Crippen LogP contribution is -2.30. The van der Waals surface area contributed by atoms with Crippen molar-refractivity contribution in [2.45, 2.75) is 19.0 Å². The second-order valence-electron chi connectivity index (χ2n) is 7.77. The van der Waals surface area contributed by atoms with Crippen molar-refractivity contribution >= 4 is 34.6 Å². The van der Waals surface area contributed by atoms with Crippen molar-refractivity contribution < 1.29 is 5.11 Å². The number of nitrogens with zero attached hydrogens (tertiary/aromatic N) is 3. The molecule has 1 aliphatic heterocycles. The van der Waals surface area contributed by atoms with E-state index in [4.69, 9.17) is 23.8 Å². The van der Waals surface area contributed by atoms with Crippen molar-refractivity contribution in [3.8, 4) is 11.4 Å². The van der Waals surface area contributed by atoms with E-state index in [1.165, 1.54) is 5.56 Å². The third kappa shape index (κ3) is 3.61. The van der Waals surface area contributed by atoms with Gasteiger partial charge in [-0.05, 0) is 73.7 Å². The molecular weight excluding hydrogens is 440 g/mol. The van der Waals surface area contributed by atoms with Gasteiger partial charge >= 0.3 is 0 Å². The van der Waals surface area contributed by atoms with Crippen molar-refractivity contribution in [1.82, 2.24) is 14.9 Å². The Labute approximate surface area is 196 Å². The molecule has 2 atom stereocenters. The van der Waals surface area contributed by atoms with E-state index in [9.17, 15) is 5.11 Å². The largest absolute Gasteiger partial charge is 0.506 e. The minimum Gasteiger partial charge on any atom is -0.506 e. The van der Waals surface area contributed by atoms with Gasteiger partial charge in [-0.25, -0.2) is 0 Å². The molecule has 7 heteroatoms. The summed E-state index contributed by atoms with van der Waals surface area (Å²) in [7, 11) is 0. The molecule has 1 fully saturated rings. The molecule has 2 aromatic heterocycles. The van der Waals surface area contributed by atoms with Gasteiger partial charge in [-0.1, -0.05) is 35.4 Å². The van der Waals surface area contributed by atoms with Gasteiger partial charge in [-0.3, -0.25) is 4.98 Å². The van der Waals surface area contributed by atoms with Crippen LogP contribution in [0, 0.1) is 6.92 Å². The first-order valence-electron chi connectivity index (χ1n) is 10.3. The summed E-state index contributed by atoms with van der Waals surface area (Å²) in [6, 6.07) is 22.8. The van der Waals surface area contributed by atoms with Crippen LogP contribution in [0.5, 0.6) is 5.75 Å². The molecule has 0 aliphatic carbocycles. The summed E-state index contributed by atoms with van der Waals surface area (Å²) in [5.74, 6) is 0.110. The Hall–Kier alpha value is -3.35. The molecule has 1 saturated heterocycles. The fourth-order valence-electron chi connectivity index (χ4n) is 4.18. The van der Waals surface area contributed by atoms with E-state index in [0.29, 0.717) is 15.8 Å². The number of aromatic nitrogens is 2. The summed E-state index contributed by atoms with van der Waals surface area (Å²) in [6.07, 6.45) is 3.81. The fraction of sp³-hybridized carbons (Fsp3) is 0.120. The topological polar surface area (TPSA) is 53.3 Å². The molecule has 2 N–H and O–H groups in total. The van der Waals surface area contributed by atoms with Gasteiger partial charge in [-0.15, -0.1) is 0 Å². The normalized spacial score (nSPS) is 18.1. The molecule has 0 spiro atoms. The zero-order valence-electron chi connectivity index (χ0n) is 17.3. The fourth-order valence-corrected chi connectivity index (χ4v) is 4.69. The summed E-state index contributed by atoms with van der Waals surface area (Å²) in [5, 5.41) is 15.1. The van der Waals surface area contributed by atoms with Crippen LogP contribution in [-0.2, 0) is 0 Å². The third-order valence-corrected chi connectivity index (χ3v) is 6.24. The highest BCUT2D eigenvalue weighted by Gasteiger charge is 2.43. The van der Waals surface area contributed by atoms with Crippen LogP contribution in [0.3, 0.4) is 0 Å². The SMILES string of the molecule is Cc1ccc(-n2cccc2[C@H]2[C@@H](c3ccccn3)NC(=S)N2c2cc(Cl)ccc2O)cc1. The Morgan fingerprint density at radius 2 is 1.84 bits per heavy atom. The maximum absolute atomic E-state index is 10.7. The number of aromatic hydroxyl groups is 1. The summed E-state index contributed by atoms with van der Waals surface area (Å²) in [5.41, 5.74) is 4.67. The quantitative estimate of drug-likeness (QED) is 0.381. The van der Waals surface area contributed by atoms with E-state index in [-0.39, 0.29) is 17.8 Å². The maximum Gasteiger partial charge on any atom is 0.174 e. The second kappa shape index (κ2) is 8.30. The maximum atomic E-state index is 10.7. The third-order valence-electron chi connectivity index (χ3n) is 5.69. The van der Waals surface area contributed by atoms with E-state index in [1.54, 1.807) is 24.4 Å². The van der Waals surface area contributed by atoms with Gasteiger partial charge in [0.1, 0.15) is 11.8 Å². The Morgan fingerprint density at radius 3 is 2.59 bits per heavy atom. The number of halogens is 1. The number of nitrogens with one attached hydrogen (secondary N) is 1.